The Bertz CT molecular complexity index is 1230. The first-order chi connectivity index (χ1) is 13.5. The first-order valence-corrected chi connectivity index (χ1v) is 9.76. The SMILES string of the molecule is Cc1c(Br)nc2c3cc(-c4cnn([C@H]5CCN(C(=O)O)C5)c4)cnc3ccn12. The molecule has 0 bridgehead atoms. The maximum Gasteiger partial charge on any atom is 0.407 e. The molecule has 1 fully saturated rings. The maximum atomic E-state index is 11.1. The molecule has 0 unspecified atom stereocenters. The Kier molecular flexibility index (Phi) is 3.87. The van der Waals surface area contributed by atoms with Crippen LogP contribution in [0.15, 0.2) is 41.5 Å². The van der Waals surface area contributed by atoms with Gasteiger partial charge in [0.05, 0.1) is 23.4 Å². The molecular formula is C19H17BrN6O2. The lowest BCUT2D eigenvalue weighted by Gasteiger charge is -2.12. The van der Waals surface area contributed by atoms with Crippen LogP contribution in [0.2, 0.25) is 0 Å². The Hall–Kier alpha value is -2.94. The summed E-state index contributed by atoms with van der Waals surface area (Å²) in [5, 5.41) is 14.6. The summed E-state index contributed by atoms with van der Waals surface area (Å²) < 4.78 is 4.72. The number of imidazole rings is 1. The molecule has 0 spiro atoms. The van der Waals surface area contributed by atoms with Crippen LogP contribution in [0.25, 0.3) is 27.7 Å². The Labute approximate surface area is 168 Å². The lowest BCUT2D eigenvalue weighted by Crippen LogP contribution is -2.27. The van der Waals surface area contributed by atoms with Crippen molar-refractivity contribution in [2.45, 2.75) is 19.4 Å². The number of aryl methyl sites for hydroxylation is 1. The van der Waals surface area contributed by atoms with E-state index in [2.05, 4.69) is 37.1 Å². The van der Waals surface area contributed by atoms with Crippen LogP contribution in [-0.4, -0.2) is 53.3 Å². The fraction of sp³-hybridized carbons (Fsp3) is 0.263. The van der Waals surface area contributed by atoms with Crippen molar-refractivity contribution >= 4 is 38.6 Å². The normalized spacial score (nSPS) is 17.1. The average molecular weight is 441 g/mol. The number of amides is 1. The van der Waals surface area contributed by atoms with E-state index in [9.17, 15) is 4.79 Å². The van der Waals surface area contributed by atoms with E-state index in [0.29, 0.717) is 13.1 Å². The molecular weight excluding hydrogens is 424 g/mol. The van der Waals surface area contributed by atoms with Gasteiger partial charge in [-0.1, -0.05) is 0 Å². The Morgan fingerprint density at radius 1 is 1.32 bits per heavy atom. The van der Waals surface area contributed by atoms with E-state index >= 15 is 0 Å². The lowest BCUT2D eigenvalue weighted by molar-refractivity contribution is 0.154. The highest BCUT2D eigenvalue weighted by Gasteiger charge is 2.27. The van der Waals surface area contributed by atoms with Crippen LogP contribution >= 0.6 is 15.9 Å². The van der Waals surface area contributed by atoms with Crippen LogP contribution in [-0.2, 0) is 0 Å². The Morgan fingerprint density at radius 2 is 2.18 bits per heavy atom. The fourth-order valence-corrected chi connectivity index (χ4v) is 4.13. The molecule has 142 valence electrons. The van der Waals surface area contributed by atoms with E-state index in [1.807, 2.05) is 40.7 Å². The zero-order valence-corrected chi connectivity index (χ0v) is 16.7. The molecule has 8 nitrogen and oxygen atoms in total. The predicted molar refractivity (Wildman–Crippen MR) is 107 cm³/mol. The van der Waals surface area contributed by atoms with Gasteiger partial charge in [-0.05, 0) is 41.4 Å². The molecule has 5 rings (SSSR count). The second-order valence-electron chi connectivity index (χ2n) is 7.03. The number of aromatic nitrogens is 5. The number of carboxylic acid groups (broad SMARTS) is 1. The number of hydrogen-bond acceptors (Lipinski definition) is 4. The third-order valence-electron chi connectivity index (χ3n) is 5.38. The summed E-state index contributed by atoms with van der Waals surface area (Å²) in [6, 6.07) is 4.13. The molecule has 1 saturated heterocycles. The molecule has 0 aromatic carbocycles. The van der Waals surface area contributed by atoms with Gasteiger partial charge in [-0.15, -0.1) is 0 Å². The van der Waals surface area contributed by atoms with Crippen LogP contribution in [0.1, 0.15) is 18.2 Å². The largest absolute Gasteiger partial charge is 0.465 e. The third-order valence-corrected chi connectivity index (χ3v) is 6.13. The van der Waals surface area contributed by atoms with E-state index in [1.165, 1.54) is 4.90 Å². The maximum absolute atomic E-state index is 11.1. The number of nitrogens with zero attached hydrogens (tertiary/aromatic N) is 6. The highest BCUT2D eigenvalue weighted by Crippen LogP contribution is 2.29. The van der Waals surface area contributed by atoms with Gasteiger partial charge < -0.3 is 14.4 Å². The van der Waals surface area contributed by atoms with E-state index < -0.39 is 6.09 Å². The van der Waals surface area contributed by atoms with Crippen molar-refractivity contribution in [1.29, 1.82) is 0 Å². The molecule has 1 aliphatic heterocycles. The smallest absolute Gasteiger partial charge is 0.407 e. The van der Waals surface area contributed by atoms with E-state index in [-0.39, 0.29) is 6.04 Å². The molecule has 1 N–H and O–H groups in total. The van der Waals surface area contributed by atoms with Crippen molar-refractivity contribution in [2.24, 2.45) is 0 Å². The highest BCUT2D eigenvalue weighted by molar-refractivity contribution is 9.10. The molecule has 1 amide bonds. The highest BCUT2D eigenvalue weighted by atomic mass is 79.9. The van der Waals surface area contributed by atoms with Crippen LogP contribution in [0, 0.1) is 6.92 Å². The molecule has 1 aliphatic rings. The minimum Gasteiger partial charge on any atom is -0.465 e. The summed E-state index contributed by atoms with van der Waals surface area (Å²) in [5.74, 6) is 0. The molecule has 1 atom stereocenters. The summed E-state index contributed by atoms with van der Waals surface area (Å²) in [5.41, 5.74) is 4.69. The second-order valence-corrected chi connectivity index (χ2v) is 7.79. The molecule has 0 aliphatic carbocycles. The Morgan fingerprint density at radius 3 is 2.96 bits per heavy atom. The zero-order chi connectivity index (χ0) is 19.4. The lowest BCUT2D eigenvalue weighted by atomic mass is 10.1. The first-order valence-electron chi connectivity index (χ1n) is 8.96. The van der Waals surface area contributed by atoms with Gasteiger partial charge >= 0.3 is 6.09 Å². The van der Waals surface area contributed by atoms with E-state index in [4.69, 9.17) is 5.11 Å². The standard InChI is InChI=1S/C19H17BrN6O2/c1-11-17(20)23-18-15-6-12(7-21-16(15)3-5-25(11)18)13-8-22-26(9-13)14-2-4-24(10-14)19(27)28/h3,5-9,14H,2,4,10H2,1H3,(H,27,28)/t14-/m0/s1. The number of pyridine rings is 2. The van der Waals surface area contributed by atoms with Crippen molar-refractivity contribution in [3.8, 4) is 11.1 Å². The second kappa shape index (κ2) is 6.30. The van der Waals surface area contributed by atoms with Crippen molar-refractivity contribution in [3.05, 3.63) is 47.2 Å². The molecule has 5 heterocycles. The molecule has 28 heavy (non-hydrogen) atoms. The number of halogens is 1. The van der Waals surface area contributed by atoms with Crippen LogP contribution in [0.5, 0.6) is 0 Å². The van der Waals surface area contributed by atoms with Gasteiger partial charge in [0, 0.05) is 48.2 Å². The fourth-order valence-electron chi connectivity index (χ4n) is 3.77. The molecule has 4 aromatic heterocycles. The van der Waals surface area contributed by atoms with Crippen LogP contribution in [0.4, 0.5) is 4.79 Å². The molecule has 9 heteroatoms. The average Bonchev–Trinajstić information content (AvgIpc) is 3.41. The van der Waals surface area contributed by atoms with Gasteiger partial charge in [0.15, 0.2) is 0 Å². The van der Waals surface area contributed by atoms with E-state index in [1.54, 1.807) is 6.20 Å². The number of rotatable bonds is 2. The number of carbonyl (C=O) groups is 1. The summed E-state index contributed by atoms with van der Waals surface area (Å²) in [4.78, 5) is 21.8. The van der Waals surface area contributed by atoms with E-state index in [0.717, 1.165) is 44.4 Å². The van der Waals surface area contributed by atoms with Crippen molar-refractivity contribution < 1.29 is 9.90 Å². The quantitative estimate of drug-likeness (QED) is 0.512. The summed E-state index contributed by atoms with van der Waals surface area (Å²) >= 11 is 3.50. The van der Waals surface area contributed by atoms with Crippen molar-refractivity contribution in [2.75, 3.05) is 13.1 Å². The van der Waals surface area contributed by atoms with Gasteiger partial charge in [0.1, 0.15) is 10.3 Å². The van der Waals surface area contributed by atoms with Gasteiger partial charge in [-0.25, -0.2) is 9.78 Å². The number of likely N-dealkylation sites (tertiary alicyclic amines) is 1. The monoisotopic (exact) mass is 440 g/mol. The molecule has 4 aromatic rings. The topological polar surface area (TPSA) is 88.5 Å². The minimum atomic E-state index is -0.876. The molecule has 0 radical (unpaired) electrons. The van der Waals surface area contributed by atoms with Crippen molar-refractivity contribution in [1.82, 2.24) is 29.0 Å². The summed E-state index contributed by atoms with van der Waals surface area (Å²) in [7, 11) is 0. The number of fused-ring (bicyclic) bond motifs is 3. The third kappa shape index (κ3) is 2.65. The predicted octanol–water partition coefficient (Wildman–Crippen LogP) is 3.74. The first kappa shape index (κ1) is 17.2. The molecule has 0 saturated carbocycles. The van der Waals surface area contributed by atoms with Crippen LogP contribution in [0.3, 0.4) is 0 Å². The Balaban J connectivity index is 1.53. The van der Waals surface area contributed by atoms with Crippen molar-refractivity contribution in [3.63, 3.8) is 0 Å². The summed E-state index contributed by atoms with van der Waals surface area (Å²) in [6.07, 6.45) is 7.47. The number of hydrogen-bond donors (Lipinski definition) is 1. The van der Waals surface area contributed by atoms with Gasteiger partial charge in [-0.3, -0.25) is 9.67 Å². The van der Waals surface area contributed by atoms with Gasteiger partial charge in [0.2, 0.25) is 0 Å². The summed E-state index contributed by atoms with van der Waals surface area (Å²) in [6.45, 7) is 3.02. The minimum absolute atomic E-state index is 0.0656. The van der Waals surface area contributed by atoms with Crippen LogP contribution < -0.4 is 0 Å². The van der Waals surface area contributed by atoms with Gasteiger partial charge in [-0.2, -0.15) is 5.10 Å². The van der Waals surface area contributed by atoms with Gasteiger partial charge in [0.25, 0.3) is 0 Å². The zero-order valence-electron chi connectivity index (χ0n) is 15.1.